The van der Waals surface area contributed by atoms with Crippen LogP contribution in [0.1, 0.15) is 51.5 Å². The van der Waals surface area contributed by atoms with Crippen LogP contribution in [0.4, 0.5) is 0 Å². The van der Waals surface area contributed by atoms with E-state index in [4.69, 9.17) is 9.47 Å². The third-order valence-electron chi connectivity index (χ3n) is 6.31. The van der Waals surface area contributed by atoms with Gasteiger partial charge in [0.15, 0.2) is 18.1 Å². The van der Waals surface area contributed by atoms with Crippen molar-refractivity contribution >= 4 is 5.91 Å². The number of ether oxygens (including phenoxy) is 2. The first kappa shape index (κ1) is 20.0. The minimum Gasteiger partial charge on any atom is -0.493 e. The second kappa shape index (κ2) is 9.45. The van der Waals surface area contributed by atoms with Crippen molar-refractivity contribution in [1.29, 1.82) is 0 Å². The summed E-state index contributed by atoms with van der Waals surface area (Å²) in [7, 11) is 1.65. The molecule has 3 rings (SSSR count). The molecule has 1 aliphatic carbocycles. The summed E-state index contributed by atoms with van der Waals surface area (Å²) in [6, 6.07) is 6.57. The summed E-state index contributed by atoms with van der Waals surface area (Å²) in [5.74, 6) is 2.87. The number of amides is 1. The second-order valence-corrected chi connectivity index (χ2v) is 8.12. The van der Waals surface area contributed by atoms with Crippen LogP contribution in [0, 0.1) is 11.8 Å². The molecule has 27 heavy (non-hydrogen) atoms. The Labute approximate surface area is 163 Å². The second-order valence-electron chi connectivity index (χ2n) is 8.12. The number of rotatable bonds is 7. The minimum atomic E-state index is 0.0562. The highest BCUT2D eigenvalue weighted by atomic mass is 16.5. The van der Waals surface area contributed by atoms with Gasteiger partial charge in [0.1, 0.15) is 0 Å². The van der Waals surface area contributed by atoms with Crippen molar-refractivity contribution in [2.45, 2.75) is 58.5 Å². The highest BCUT2D eigenvalue weighted by Crippen LogP contribution is 2.31. The number of hydrogen-bond acceptors (Lipinski definition) is 4. The molecule has 150 valence electrons. The van der Waals surface area contributed by atoms with E-state index >= 15 is 0 Å². The third kappa shape index (κ3) is 5.16. The minimum absolute atomic E-state index is 0.0562. The van der Waals surface area contributed by atoms with E-state index in [-0.39, 0.29) is 12.5 Å². The van der Waals surface area contributed by atoms with Crippen LogP contribution in [0.25, 0.3) is 0 Å². The Hall–Kier alpha value is -1.75. The highest BCUT2D eigenvalue weighted by molar-refractivity contribution is 5.78. The Morgan fingerprint density at radius 2 is 1.93 bits per heavy atom. The van der Waals surface area contributed by atoms with Gasteiger partial charge in [-0.25, -0.2) is 0 Å². The third-order valence-corrected chi connectivity index (χ3v) is 6.31. The van der Waals surface area contributed by atoms with Gasteiger partial charge in [-0.05, 0) is 48.8 Å². The Bertz CT molecular complexity index is 628. The monoisotopic (exact) mass is 374 g/mol. The maximum Gasteiger partial charge on any atom is 0.260 e. The van der Waals surface area contributed by atoms with Gasteiger partial charge in [-0.1, -0.05) is 32.8 Å². The van der Waals surface area contributed by atoms with E-state index in [1.807, 2.05) is 17.0 Å². The summed E-state index contributed by atoms with van der Waals surface area (Å²) >= 11 is 0. The normalized spacial score (nSPS) is 25.4. The molecule has 1 saturated carbocycles. The summed E-state index contributed by atoms with van der Waals surface area (Å²) in [5, 5.41) is 3.72. The zero-order valence-corrected chi connectivity index (χ0v) is 17.0. The van der Waals surface area contributed by atoms with Crippen molar-refractivity contribution in [2.75, 3.05) is 26.8 Å². The van der Waals surface area contributed by atoms with Crippen LogP contribution in [-0.4, -0.2) is 43.7 Å². The van der Waals surface area contributed by atoms with Crippen LogP contribution in [0.2, 0.25) is 0 Å². The molecule has 2 aliphatic rings. The molecule has 1 heterocycles. The maximum atomic E-state index is 12.2. The topological polar surface area (TPSA) is 50.8 Å². The number of carbonyl (C=O) groups is 1. The predicted octanol–water partition coefficient (Wildman–Crippen LogP) is 3.61. The molecule has 0 aromatic heterocycles. The standard InChI is InChI=1S/C22H34N2O3/c1-16-7-6-8-19(17(16)2)23-14-18-9-10-20(21(13-18)26-3)27-15-22(25)24-11-4-5-12-24/h9-10,13,16-17,19,23H,4-8,11-12,14-15H2,1-3H3/t16-,17+,19+/m0/s1. The van der Waals surface area contributed by atoms with Gasteiger partial charge in [-0.2, -0.15) is 0 Å². The number of nitrogens with zero attached hydrogens (tertiary/aromatic N) is 1. The van der Waals surface area contributed by atoms with Crippen LogP contribution < -0.4 is 14.8 Å². The van der Waals surface area contributed by atoms with Gasteiger partial charge in [0.05, 0.1) is 7.11 Å². The molecule has 1 saturated heterocycles. The molecule has 0 radical (unpaired) electrons. The Balaban J connectivity index is 1.54. The average Bonchev–Trinajstić information content (AvgIpc) is 3.22. The zero-order chi connectivity index (χ0) is 19.2. The fraction of sp³-hybridized carbons (Fsp3) is 0.682. The summed E-state index contributed by atoms with van der Waals surface area (Å²) in [4.78, 5) is 14.0. The van der Waals surface area contributed by atoms with Crippen molar-refractivity contribution in [1.82, 2.24) is 10.2 Å². The fourth-order valence-electron chi connectivity index (χ4n) is 4.26. The summed E-state index contributed by atoms with van der Waals surface area (Å²) in [5.41, 5.74) is 1.18. The Kier molecular flexibility index (Phi) is 7.00. The van der Waals surface area contributed by atoms with E-state index in [0.717, 1.165) is 38.4 Å². The van der Waals surface area contributed by atoms with E-state index in [1.165, 1.54) is 24.8 Å². The van der Waals surface area contributed by atoms with Gasteiger partial charge in [0.25, 0.3) is 5.91 Å². The van der Waals surface area contributed by atoms with Crippen LogP contribution in [0.5, 0.6) is 11.5 Å². The van der Waals surface area contributed by atoms with Crippen molar-refractivity contribution in [2.24, 2.45) is 11.8 Å². The van der Waals surface area contributed by atoms with E-state index < -0.39 is 0 Å². The number of benzene rings is 1. The number of likely N-dealkylation sites (tertiary alicyclic amines) is 1. The molecular formula is C22H34N2O3. The highest BCUT2D eigenvalue weighted by Gasteiger charge is 2.26. The molecular weight excluding hydrogens is 340 g/mol. The number of hydrogen-bond donors (Lipinski definition) is 1. The van der Waals surface area contributed by atoms with E-state index in [9.17, 15) is 4.79 Å². The zero-order valence-electron chi connectivity index (χ0n) is 17.0. The predicted molar refractivity (Wildman–Crippen MR) is 107 cm³/mol. The van der Waals surface area contributed by atoms with Crippen molar-refractivity contribution in [3.05, 3.63) is 23.8 Å². The lowest BCUT2D eigenvalue weighted by Gasteiger charge is -2.34. The molecule has 3 atom stereocenters. The first-order chi connectivity index (χ1) is 13.1. The molecule has 5 nitrogen and oxygen atoms in total. The van der Waals surface area contributed by atoms with Crippen LogP contribution in [-0.2, 0) is 11.3 Å². The van der Waals surface area contributed by atoms with E-state index in [1.54, 1.807) is 7.11 Å². The first-order valence-corrected chi connectivity index (χ1v) is 10.4. The number of nitrogens with one attached hydrogen (secondary N) is 1. The van der Waals surface area contributed by atoms with Gasteiger partial charge in [-0.3, -0.25) is 4.79 Å². The molecule has 1 aromatic carbocycles. The molecule has 0 unspecified atom stereocenters. The van der Waals surface area contributed by atoms with Gasteiger partial charge in [-0.15, -0.1) is 0 Å². The van der Waals surface area contributed by atoms with E-state index in [2.05, 4.69) is 25.2 Å². The van der Waals surface area contributed by atoms with Crippen molar-refractivity contribution in [3.8, 4) is 11.5 Å². The SMILES string of the molecule is COc1cc(CN[C@@H]2CCC[C@H](C)[C@H]2C)ccc1OCC(=O)N1CCCC1. The molecule has 1 aromatic rings. The van der Waals surface area contributed by atoms with Crippen LogP contribution in [0.3, 0.4) is 0 Å². The van der Waals surface area contributed by atoms with E-state index in [0.29, 0.717) is 23.5 Å². The molecule has 1 amide bonds. The lowest BCUT2D eigenvalue weighted by molar-refractivity contribution is -0.132. The maximum absolute atomic E-state index is 12.2. The van der Waals surface area contributed by atoms with Crippen LogP contribution >= 0.6 is 0 Å². The molecule has 5 heteroatoms. The fourth-order valence-corrected chi connectivity index (χ4v) is 4.26. The lowest BCUT2D eigenvalue weighted by Crippen LogP contribution is -2.40. The molecule has 1 N–H and O–H groups in total. The summed E-state index contributed by atoms with van der Waals surface area (Å²) < 4.78 is 11.2. The quantitative estimate of drug-likeness (QED) is 0.792. The molecule has 0 bridgehead atoms. The van der Waals surface area contributed by atoms with Crippen molar-refractivity contribution in [3.63, 3.8) is 0 Å². The van der Waals surface area contributed by atoms with Gasteiger partial charge >= 0.3 is 0 Å². The Morgan fingerprint density at radius 3 is 2.67 bits per heavy atom. The molecule has 0 spiro atoms. The summed E-state index contributed by atoms with van der Waals surface area (Å²) in [6.07, 6.45) is 6.09. The molecule has 1 aliphatic heterocycles. The smallest absolute Gasteiger partial charge is 0.260 e. The lowest BCUT2D eigenvalue weighted by atomic mass is 9.78. The largest absolute Gasteiger partial charge is 0.493 e. The van der Waals surface area contributed by atoms with Gasteiger partial charge < -0.3 is 19.7 Å². The van der Waals surface area contributed by atoms with Crippen LogP contribution in [0.15, 0.2) is 18.2 Å². The van der Waals surface area contributed by atoms with Gasteiger partial charge in [0, 0.05) is 25.7 Å². The number of carbonyl (C=O) groups excluding carboxylic acids is 1. The van der Waals surface area contributed by atoms with Crippen molar-refractivity contribution < 1.29 is 14.3 Å². The average molecular weight is 375 g/mol. The Morgan fingerprint density at radius 1 is 1.15 bits per heavy atom. The number of methoxy groups -OCH3 is 1. The van der Waals surface area contributed by atoms with Gasteiger partial charge in [0.2, 0.25) is 0 Å². The summed E-state index contributed by atoms with van der Waals surface area (Å²) in [6.45, 7) is 7.31. The first-order valence-electron chi connectivity index (χ1n) is 10.4. The molecule has 2 fully saturated rings.